The number of oxazole rings is 1. The minimum atomic E-state index is -0.456. The van der Waals surface area contributed by atoms with Crippen molar-refractivity contribution >= 4 is 22.9 Å². The molecule has 0 spiro atoms. The molecule has 3 aromatic rings. The Morgan fingerprint density at radius 1 is 1.20 bits per heavy atom. The Labute approximate surface area is 174 Å². The Morgan fingerprint density at radius 2 is 1.97 bits per heavy atom. The van der Waals surface area contributed by atoms with Gasteiger partial charge in [0.05, 0.1) is 0 Å². The molecule has 2 atom stereocenters. The molecule has 1 aliphatic carbocycles. The van der Waals surface area contributed by atoms with Crippen LogP contribution in [0.3, 0.4) is 0 Å². The lowest BCUT2D eigenvalue weighted by atomic mass is 10.1. The maximum atomic E-state index is 13.8. The summed E-state index contributed by atoms with van der Waals surface area (Å²) in [6.45, 7) is 2.52. The first-order chi connectivity index (χ1) is 14.5. The largest absolute Gasteiger partial charge is 0.433 e. The third-order valence-electron chi connectivity index (χ3n) is 5.74. The highest BCUT2D eigenvalue weighted by Crippen LogP contribution is 2.30. The molecule has 1 N–H and O–H groups in total. The Balaban J connectivity index is 1.46. The van der Waals surface area contributed by atoms with Crippen LogP contribution < -0.4 is 5.32 Å². The second-order valence-corrected chi connectivity index (χ2v) is 7.66. The Morgan fingerprint density at radius 3 is 2.67 bits per heavy atom. The number of rotatable bonds is 5. The smallest absolute Gasteiger partial charge is 0.253 e. The monoisotopic (exact) mass is 409 g/mol. The van der Waals surface area contributed by atoms with Gasteiger partial charge in [-0.1, -0.05) is 6.07 Å². The summed E-state index contributed by atoms with van der Waals surface area (Å²) >= 11 is 0. The Hall–Kier alpha value is -3.22. The van der Waals surface area contributed by atoms with Crippen molar-refractivity contribution in [3.63, 3.8) is 0 Å². The SMILES string of the molecule is CCNC(=O)[C@H]1CC[C@@H](N(C)C(=O)c2ccc(-c3nc4cccc(F)c4o3)cc2)C1. The first kappa shape index (κ1) is 20.1. The maximum absolute atomic E-state index is 13.8. The first-order valence-corrected chi connectivity index (χ1v) is 10.2. The summed E-state index contributed by atoms with van der Waals surface area (Å²) in [5.41, 5.74) is 1.79. The van der Waals surface area contributed by atoms with Gasteiger partial charge in [0.2, 0.25) is 11.8 Å². The van der Waals surface area contributed by atoms with Gasteiger partial charge in [0.25, 0.3) is 5.91 Å². The zero-order chi connectivity index (χ0) is 21.3. The minimum absolute atomic E-state index is 0.0351. The number of amides is 2. The number of benzene rings is 2. The molecule has 1 aromatic heterocycles. The van der Waals surface area contributed by atoms with Crippen LogP contribution in [0.15, 0.2) is 46.9 Å². The number of hydrogen-bond donors (Lipinski definition) is 1. The molecular formula is C23H24FN3O3. The van der Waals surface area contributed by atoms with E-state index >= 15 is 0 Å². The molecule has 0 aliphatic heterocycles. The number of nitrogens with one attached hydrogen (secondary N) is 1. The number of aromatic nitrogens is 1. The molecule has 30 heavy (non-hydrogen) atoms. The number of nitrogens with zero attached hydrogens (tertiary/aromatic N) is 2. The summed E-state index contributed by atoms with van der Waals surface area (Å²) < 4.78 is 19.4. The Bertz CT molecular complexity index is 1080. The van der Waals surface area contributed by atoms with E-state index in [9.17, 15) is 14.0 Å². The molecule has 1 aliphatic rings. The molecule has 7 heteroatoms. The quantitative estimate of drug-likeness (QED) is 0.691. The maximum Gasteiger partial charge on any atom is 0.253 e. The number of carbonyl (C=O) groups is 2. The van der Waals surface area contributed by atoms with Crippen molar-refractivity contribution in [3.8, 4) is 11.5 Å². The normalized spacial score (nSPS) is 18.5. The lowest BCUT2D eigenvalue weighted by Crippen LogP contribution is -2.36. The van der Waals surface area contributed by atoms with Crippen molar-refractivity contribution in [2.75, 3.05) is 13.6 Å². The van der Waals surface area contributed by atoms with Gasteiger partial charge in [-0.05, 0) is 62.6 Å². The third kappa shape index (κ3) is 3.79. The van der Waals surface area contributed by atoms with Gasteiger partial charge in [-0.15, -0.1) is 0 Å². The highest BCUT2D eigenvalue weighted by molar-refractivity contribution is 5.95. The zero-order valence-corrected chi connectivity index (χ0v) is 17.0. The van der Waals surface area contributed by atoms with Gasteiger partial charge in [0.15, 0.2) is 11.4 Å². The molecule has 1 fully saturated rings. The van der Waals surface area contributed by atoms with E-state index in [0.29, 0.717) is 35.5 Å². The van der Waals surface area contributed by atoms with Crippen molar-refractivity contribution < 1.29 is 18.4 Å². The average Bonchev–Trinajstić information content (AvgIpc) is 3.41. The van der Waals surface area contributed by atoms with E-state index in [1.807, 2.05) is 6.92 Å². The second kappa shape index (κ2) is 8.26. The van der Waals surface area contributed by atoms with Crippen LogP contribution in [0.1, 0.15) is 36.5 Å². The number of halogens is 1. The number of hydrogen-bond acceptors (Lipinski definition) is 4. The average molecular weight is 409 g/mol. The predicted octanol–water partition coefficient (Wildman–Crippen LogP) is 4.01. The van der Waals surface area contributed by atoms with Crippen LogP contribution in [0.5, 0.6) is 0 Å². The van der Waals surface area contributed by atoms with Gasteiger partial charge in [-0.25, -0.2) is 9.37 Å². The minimum Gasteiger partial charge on any atom is -0.433 e. The van der Waals surface area contributed by atoms with Gasteiger partial charge in [-0.2, -0.15) is 0 Å². The van der Waals surface area contributed by atoms with Gasteiger partial charge in [0.1, 0.15) is 5.52 Å². The van der Waals surface area contributed by atoms with Gasteiger partial charge in [0, 0.05) is 36.7 Å². The van der Waals surface area contributed by atoms with E-state index < -0.39 is 5.82 Å². The van der Waals surface area contributed by atoms with E-state index in [2.05, 4.69) is 10.3 Å². The summed E-state index contributed by atoms with van der Waals surface area (Å²) in [6, 6.07) is 11.6. The molecule has 1 heterocycles. The van der Waals surface area contributed by atoms with Crippen molar-refractivity contribution in [1.82, 2.24) is 15.2 Å². The number of fused-ring (bicyclic) bond motifs is 1. The van der Waals surface area contributed by atoms with Crippen molar-refractivity contribution in [3.05, 3.63) is 53.8 Å². The molecule has 4 rings (SSSR count). The molecule has 0 radical (unpaired) electrons. The molecule has 0 saturated heterocycles. The topological polar surface area (TPSA) is 75.4 Å². The van der Waals surface area contributed by atoms with Gasteiger partial charge >= 0.3 is 0 Å². The van der Waals surface area contributed by atoms with Crippen molar-refractivity contribution in [2.24, 2.45) is 5.92 Å². The molecule has 156 valence electrons. The lowest BCUT2D eigenvalue weighted by molar-refractivity contribution is -0.124. The van der Waals surface area contributed by atoms with Crippen molar-refractivity contribution in [2.45, 2.75) is 32.2 Å². The summed E-state index contributed by atoms with van der Waals surface area (Å²) in [5, 5.41) is 2.86. The summed E-state index contributed by atoms with van der Waals surface area (Å²) in [4.78, 5) is 31.0. The van der Waals surface area contributed by atoms with Crippen LogP contribution in [-0.2, 0) is 4.79 Å². The fourth-order valence-corrected chi connectivity index (χ4v) is 4.03. The lowest BCUT2D eigenvalue weighted by Gasteiger charge is -2.25. The molecule has 6 nitrogen and oxygen atoms in total. The fourth-order valence-electron chi connectivity index (χ4n) is 4.03. The number of carbonyl (C=O) groups excluding carboxylic acids is 2. The van der Waals surface area contributed by atoms with Crippen LogP contribution in [0.25, 0.3) is 22.6 Å². The van der Waals surface area contributed by atoms with E-state index in [-0.39, 0.29) is 29.4 Å². The zero-order valence-electron chi connectivity index (χ0n) is 17.0. The molecule has 0 bridgehead atoms. The standard InChI is InChI=1S/C23H24FN3O3/c1-3-25-21(28)16-11-12-17(13-16)27(2)23(29)15-9-7-14(8-10-15)22-26-19-6-4-5-18(24)20(19)30-22/h4-10,16-17H,3,11-13H2,1-2H3,(H,25,28)/t16-,17+/m0/s1. The van der Waals surface area contributed by atoms with Gasteiger partial charge in [-0.3, -0.25) is 9.59 Å². The summed E-state index contributed by atoms with van der Waals surface area (Å²) in [6.07, 6.45) is 2.29. The van der Waals surface area contributed by atoms with Crippen LogP contribution in [0, 0.1) is 11.7 Å². The third-order valence-corrected chi connectivity index (χ3v) is 5.74. The van der Waals surface area contributed by atoms with Crippen LogP contribution in [-0.4, -0.2) is 41.3 Å². The second-order valence-electron chi connectivity index (χ2n) is 7.66. The molecular weight excluding hydrogens is 385 g/mol. The highest BCUT2D eigenvalue weighted by Gasteiger charge is 2.33. The van der Waals surface area contributed by atoms with Crippen LogP contribution in [0.4, 0.5) is 4.39 Å². The molecule has 0 unspecified atom stereocenters. The van der Waals surface area contributed by atoms with Crippen LogP contribution >= 0.6 is 0 Å². The predicted molar refractivity (Wildman–Crippen MR) is 111 cm³/mol. The molecule has 1 saturated carbocycles. The number of para-hydroxylation sites is 1. The fraction of sp³-hybridized carbons (Fsp3) is 0.348. The van der Waals surface area contributed by atoms with E-state index in [1.165, 1.54) is 6.07 Å². The molecule has 2 aromatic carbocycles. The summed E-state index contributed by atoms with van der Waals surface area (Å²) in [7, 11) is 1.78. The molecule has 2 amide bonds. The van der Waals surface area contributed by atoms with Crippen LogP contribution in [0.2, 0.25) is 0 Å². The van der Waals surface area contributed by atoms with E-state index in [1.54, 1.807) is 48.3 Å². The Kier molecular flexibility index (Phi) is 5.53. The van der Waals surface area contributed by atoms with Gasteiger partial charge < -0.3 is 14.6 Å². The highest BCUT2D eigenvalue weighted by atomic mass is 19.1. The van der Waals surface area contributed by atoms with E-state index in [4.69, 9.17) is 4.42 Å². The van der Waals surface area contributed by atoms with Crippen molar-refractivity contribution in [1.29, 1.82) is 0 Å². The van der Waals surface area contributed by atoms with E-state index in [0.717, 1.165) is 12.8 Å². The summed E-state index contributed by atoms with van der Waals surface area (Å²) in [5.74, 6) is -0.205. The first-order valence-electron chi connectivity index (χ1n) is 10.2.